The molecular weight excluding hydrogens is 360 g/mol. The first kappa shape index (κ1) is 11.7. The molecule has 1 aromatic heterocycles. The summed E-state index contributed by atoms with van der Waals surface area (Å²) in [6.45, 7) is 0. The van der Waals surface area contributed by atoms with Gasteiger partial charge in [0.1, 0.15) is 20.2 Å². The standard InChI is InChI=1S/C8Br2F4N2/c9-7-8(10)16-6-4(14)2(12)1(11)3(13)5(6)15-7. The highest BCUT2D eigenvalue weighted by Crippen LogP contribution is 2.28. The van der Waals surface area contributed by atoms with E-state index < -0.39 is 34.3 Å². The van der Waals surface area contributed by atoms with Crippen molar-refractivity contribution in [2.45, 2.75) is 0 Å². The minimum Gasteiger partial charge on any atom is -0.233 e. The van der Waals surface area contributed by atoms with Crippen molar-refractivity contribution in [1.82, 2.24) is 9.97 Å². The molecule has 0 N–H and O–H groups in total. The fourth-order valence-electron chi connectivity index (χ4n) is 1.10. The minimum absolute atomic E-state index is 0.0595. The maximum Gasteiger partial charge on any atom is 0.199 e. The Hall–Kier alpha value is -0.760. The lowest BCUT2D eigenvalue weighted by Gasteiger charge is -2.04. The van der Waals surface area contributed by atoms with E-state index in [0.717, 1.165) is 0 Å². The molecule has 0 atom stereocenters. The van der Waals surface area contributed by atoms with Gasteiger partial charge in [-0.05, 0) is 31.9 Å². The Bertz CT molecular complexity index is 550. The van der Waals surface area contributed by atoms with Crippen LogP contribution in [0.5, 0.6) is 0 Å². The van der Waals surface area contributed by atoms with Crippen LogP contribution in [0.4, 0.5) is 17.6 Å². The molecule has 2 rings (SSSR count). The van der Waals surface area contributed by atoms with Crippen molar-refractivity contribution < 1.29 is 17.6 Å². The number of rotatable bonds is 0. The predicted octanol–water partition coefficient (Wildman–Crippen LogP) is 3.71. The number of benzene rings is 1. The molecule has 0 aliphatic carbocycles. The van der Waals surface area contributed by atoms with E-state index in [-0.39, 0.29) is 9.21 Å². The Kier molecular flexibility index (Phi) is 2.87. The molecule has 2 aromatic rings. The van der Waals surface area contributed by atoms with Gasteiger partial charge in [0, 0.05) is 0 Å². The van der Waals surface area contributed by atoms with Crippen LogP contribution in [0.1, 0.15) is 0 Å². The van der Waals surface area contributed by atoms with Crippen molar-refractivity contribution in [3.05, 3.63) is 32.5 Å². The van der Waals surface area contributed by atoms with Crippen LogP contribution < -0.4 is 0 Å². The molecule has 8 heteroatoms. The van der Waals surface area contributed by atoms with Crippen LogP contribution in [0.15, 0.2) is 9.21 Å². The van der Waals surface area contributed by atoms with Crippen LogP contribution in [-0.4, -0.2) is 9.97 Å². The third-order valence-electron chi connectivity index (χ3n) is 1.81. The van der Waals surface area contributed by atoms with Gasteiger partial charge < -0.3 is 0 Å². The Morgan fingerprint density at radius 1 is 0.625 bits per heavy atom. The van der Waals surface area contributed by atoms with Gasteiger partial charge >= 0.3 is 0 Å². The fraction of sp³-hybridized carbons (Fsp3) is 0. The van der Waals surface area contributed by atoms with Crippen LogP contribution >= 0.6 is 31.9 Å². The van der Waals surface area contributed by atoms with Gasteiger partial charge in [-0.3, -0.25) is 0 Å². The summed E-state index contributed by atoms with van der Waals surface area (Å²) in [5.74, 6) is -6.97. The maximum absolute atomic E-state index is 13.2. The van der Waals surface area contributed by atoms with Crippen molar-refractivity contribution >= 4 is 42.9 Å². The molecule has 0 saturated carbocycles. The van der Waals surface area contributed by atoms with Crippen LogP contribution in [0.25, 0.3) is 11.0 Å². The molecule has 84 valence electrons. The first-order valence-electron chi connectivity index (χ1n) is 3.78. The summed E-state index contributed by atoms with van der Waals surface area (Å²) in [5, 5.41) is 0. The van der Waals surface area contributed by atoms with E-state index in [0.29, 0.717) is 0 Å². The second-order valence-corrected chi connectivity index (χ2v) is 4.26. The Morgan fingerprint density at radius 2 is 0.938 bits per heavy atom. The molecule has 0 aliphatic rings. The second kappa shape index (κ2) is 3.92. The van der Waals surface area contributed by atoms with E-state index in [2.05, 4.69) is 41.8 Å². The second-order valence-electron chi connectivity index (χ2n) is 2.76. The number of halogens is 6. The third-order valence-corrected chi connectivity index (χ3v) is 3.45. The fourth-order valence-corrected chi connectivity index (χ4v) is 1.63. The van der Waals surface area contributed by atoms with E-state index in [1.54, 1.807) is 0 Å². The molecule has 0 fully saturated rings. The van der Waals surface area contributed by atoms with Crippen molar-refractivity contribution in [3.63, 3.8) is 0 Å². The Morgan fingerprint density at radius 3 is 1.25 bits per heavy atom. The van der Waals surface area contributed by atoms with Gasteiger partial charge in [0.15, 0.2) is 23.3 Å². The van der Waals surface area contributed by atoms with Gasteiger partial charge in [0.25, 0.3) is 0 Å². The van der Waals surface area contributed by atoms with Gasteiger partial charge in [-0.25, -0.2) is 27.5 Å². The van der Waals surface area contributed by atoms with E-state index in [1.807, 2.05) is 0 Å². The SMILES string of the molecule is Fc1c(F)c(F)c2nc(Br)c(Br)nc2c1F. The van der Waals surface area contributed by atoms with E-state index in [1.165, 1.54) is 0 Å². The highest BCUT2D eigenvalue weighted by molar-refractivity contribution is 9.13. The highest BCUT2D eigenvalue weighted by Gasteiger charge is 2.23. The number of nitrogens with zero attached hydrogens (tertiary/aromatic N) is 2. The van der Waals surface area contributed by atoms with Crippen molar-refractivity contribution in [3.8, 4) is 0 Å². The van der Waals surface area contributed by atoms with E-state index >= 15 is 0 Å². The lowest BCUT2D eigenvalue weighted by Crippen LogP contribution is -2.02. The van der Waals surface area contributed by atoms with Crippen LogP contribution in [0, 0.1) is 23.3 Å². The topological polar surface area (TPSA) is 25.8 Å². The van der Waals surface area contributed by atoms with Crippen molar-refractivity contribution in [2.75, 3.05) is 0 Å². The molecule has 0 amide bonds. The average molecular weight is 360 g/mol. The normalized spacial score (nSPS) is 11.1. The zero-order valence-corrected chi connectivity index (χ0v) is 10.3. The molecule has 1 aromatic carbocycles. The molecule has 0 bridgehead atoms. The zero-order valence-electron chi connectivity index (χ0n) is 7.16. The van der Waals surface area contributed by atoms with Gasteiger partial charge in [-0.15, -0.1) is 0 Å². The Balaban J connectivity index is 3.02. The molecule has 0 aliphatic heterocycles. The molecular formula is C8Br2F4N2. The Labute approximate surface area is 103 Å². The average Bonchev–Trinajstić information content (AvgIpc) is 2.26. The molecule has 0 radical (unpaired) electrons. The molecule has 0 spiro atoms. The smallest absolute Gasteiger partial charge is 0.199 e. The zero-order chi connectivity index (χ0) is 12.0. The van der Waals surface area contributed by atoms with Gasteiger partial charge in [-0.1, -0.05) is 0 Å². The van der Waals surface area contributed by atoms with Crippen LogP contribution in [0.2, 0.25) is 0 Å². The minimum atomic E-state index is -1.91. The predicted molar refractivity (Wildman–Crippen MR) is 54.8 cm³/mol. The number of fused-ring (bicyclic) bond motifs is 1. The number of hydrogen-bond donors (Lipinski definition) is 0. The lowest BCUT2D eigenvalue weighted by atomic mass is 10.2. The summed E-state index contributed by atoms with van der Waals surface area (Å²) in [6.07, 6.45) is 0. The summed E-state index contributed by atoms with van der Waals surface area (Å²) in [7, 11) is 0. The monoisotopic (exact) mass is 358 g/mol. The number of hydrogen-bond acceptors (Lipinski definition) is 2. The molecule has 2 nitrogen and oxygen atoms in total. The quantitative estimate of drug-likeness (QED) is 0.407. The molecule has 16 heavy (non-hydrogen) atoms. The maximum atomic E-state index is 13.2. The summed E-state index contributed by atoms with van der Waals surface area (Å²) in [6, 6.07) is 0. The van der Waals surface area contributed by atoms with Crippen LogP contribution in [0.3, 0.4) is 0 Å². The van der Waals surface area contributed by atoms with Gasteiger partial charge in [0.2, 0.25) is 0 Å². The summed E-state index contributed by atoms with van der Waals surface area (Å²) < 4.78 is 52.3. The van der Waals surface area contributed by atoms with E-state index in [4.69, 9.17) is 0 Å². The third kappa shape index (κ3) is 1.60. The van der Waals surface area contributed by atoms with Gasteiger partial charge in [0.05, 0.1) is 0 Å². The molecule has 0 saturated heterocycles. The van der Waals surface area contributed by atoms with Crippen molar-refractivity contribution in [1.29, 1.82) is 0 Å². The first-order valence-corrected chi connectivity index (χ1v) is 5.36. The summed E-state index contributed by atoms with van der Waals surface area (Å²) in [4.78, 5) is 7.05. The van der Waals surface area contributed by atoms with Crippen LogP contribution in [-0.2, 0) is 0 Å². The largest absolute Gasteiger partial charge is 0.233 e. The number of aromatic nitrogens is 2. The molecule has 0 unspecified atom stereocenters. The molecule has 1 heterocycles. The summed E-state index contributed by atoms with van der Waals surface area (Å²) >= 11 is 5.78. The van der Waals surface area contributed by atoms with Crippen molar-refractivity contribution in [2.24, 2.45) is 0 Å². The highest BCUT2D eigenvalue weighted by atomic mass is 79.9. The first-order chi connectivity index (χ1) is 7.43. The lowest BCUT2D eigenvalue weighted by molar-refractivity contribution is 0.416. The van der Waals surface area contributed by atoms with E-state index in [9.17, 15) is 17.6 Å². The summed E-state index contributed by atoms with van der Waals surface area (Å²) in [5.41, 5.74) is -1.35. The van der Waals surface area contributed by atoms with Gasteiger partial charge in [-0.2, -0.15) is 0 Å².